The highest BCUT2D eigenvalue weighted by Gasteiger charge is 2.27. The maximum atomic E-state index is 2.34. The van der Waals surface area contributed by atoms with E-state index in [4.69, 9.17) is 0 Å². The lowest BCUT2D eigenvalue weighted by Crippen LogP contribution is -2.56. The van der Waals surface area contributed by atoms with Crippen LogP contribution in [0.15, 0.2) is 48.8 Å². The fourth-order valence-electron chi connectivity index (χ4n) is 2.59. The summed E-state index contributed by atoms with van der Waals surface area (Å²) in [4.78, 5) is 0. The molecule has 2 rings (SSSR count). The van der Waals surface area contributed by atoms with Crippen LogP contribution in [-0.2, 0) is 12.1 Å². The molecule has 0 aromatic carbocycles. The molecule has 0 aliphatic rings. The van der Waals surface area contributed by atoms with Crippen LogP contribution in [0, 0.1) is 0 Å². The summed E-state index contributed by atoms with van der Waals surface area (Å²) >= 11 is 0. The molecule has 0 aliphatic heterocycles. The average Bonchev–Trinajstić information content (AvgIpc) is 2.38. The van der Waals surface area contributed by atoms with Crippen molar-refractivity contribution in [1.82, 2.24) is 0 Å². The van der Waals surface area contributed by atoms with E-state index in [2.05, 4.69) is 92.5 Å². The van der Waals surface area contributed by atoms with Crippen molar-refractivity contribution < 1.29 is 9.13 Å². The maximum absolute atomic E-state index is 2.34. The molecule has 0 amide bonds. The smallest absolute Gasteiger partial charge is 0.143 e. The van der Waals surface area contributed by atoms with Gasteiger partial charge in [-0.05, 0) is 0 Å². The number of hydrogen-bond donors (Lipinski definition) is 0. The monoisotopic (exact) mass is 270 g/mol. The number of pyridine rings is 2. The van der Waals surface area contributed by atoms with E-state index in [-0.39, 0.29) is 5.41 Å². The molecule has 0 N–H and O–H groups in total. The Hall–Kier alpha value is -1.70. The summed E-state index contributed by atoms with van der Waals surface area (Å²) in [6, 6.07) is 12.9. The molecule has 0 fully saturated rings. The zero-order valence-corrected chi connectivity index (χ0v) is 13.3. The van der Waals surface area contributed by atoms with Crippen molar-refractivity contribution in [2.75, 3.05) is 0 Å². The normalized spacial score (nSPS) is 11.9. The first-order chi connectivity index (χ1) is 9.39. The molecule has 2 aromatic heterocycles. The van der Waals surface area contributed by atoms with Gasteiger partial charge in [-0.15, -0.1) is 9.13 Å². The lowest BCUT2D eigenvalue weighted by Gasteiger charge is -2.15. The van der Waals surface area contributed by atoms with Crippen molar-refractivity contribution >= 4 is 0 Å². The summed E-state index contributed by atoms with van der Waals surface area (Å²) in [6.07, 6.45) is 4.34. The Morgan fingerprint density at radius 2 is 1.50 bits per heavy atom. The highest BCUT2D eigenvalue weighted by atomic mass is 15.2. The molecular formula is C18H26N2+2. The molecular weight excluding hydrogens is 244 g/mol. The summed E-state index contributed by atoms with van der Waals surface area (Å²) in [5, 5.41) is 0. The molecule has 0 radical (unpaired) electrons. The Morgan fingerprint density at radius 1 is 0.900 bits per heavy atom. The molecule has 0 unspecified atom stereocenters. The SMILES string of the molecule is CC(C)c1cccc[n+]1C[n+]1ccccc1C(C)(C)C. The summed E-state index contributed by atoms with van der Waals surface area (Å²) in [7, 11) is 0. The van der Waals surface area contributed by atoms with Gasteiger partial charge in [-0.1, -0.05) is 46.8 Å². The molecule has 2 aromatic rings. The van der Waals surface area contributed by atoms with Crippen LogP contribution < -0.4 is 9.13 Å². The first-order valence-corrected chi connectivity index (χ1v) is 7.37. The van der Waals surface area contributed by atoms with Crippen molar-refractivity contribution in [2.24, 2.45) is 0 Å². The van der Waals surface area contributed by atoms with Crippen LogP contribution in [0.4, 0.5) is 0 Å². The van der Waals surface area contributed by atoms with Gasteiger partial charge in [0, 0.05) is 35.6 Å². The molecule has 0 atom stereocenters. The van der Waals surface area contributed by atoms with E-state index in [9.17, 15) is 0 Å². The predicted octanol–water partition coefficient (Wildman–Crippen LogP) is 3.19. The summed E-state index contributed by atoms with van der Waals surface area (Å²) < 4.78 is 4.67. The van der Waals surface area contributed by atoms with Gasteiger partial charge in [0.25, 0.3) is 0 Å². The summed E-state index contributed by atoms with van der Waals surface area (Å²) in [5.41, 5.74) is 2.86. The van der Waals surface area contributed by atoms with Gasteiger partial charge in [0.05, 0.1) is 0 Å². The van der Waals surface area contributed by atoms with Crippen molar-refractivity contribution in [2.45, 2.75) is 52.6 Å². The van der Waals surface area contributed by atoms with Gasteiger partial charge in [0.1, 0.15) is 0 Å². The topological polar surface area (TPSA) is 7.76 Å². The van der Waals surface area contributed by atoms with Crippen LogP contribution in [-0.4, -0.2) is 0 Å². The van der Waals surface area contributed by atoms with Crippen molar-refractivity contribution in [3.63, 3.8) is 0 Å². The van der Waals surface area contributed by atoms with Crippen molar-refractivity contribution in [1.29, 1.82) is 0 Å². The standard InChI is InChI=1S/C18H26N2/c1-15(2)16-10-6-8-12-19(16)14-20-13-9-7-11-17(20)18(3,4)5/h6-13,15H,14H2,1-5H3/q+2. The van der Waals surface area contributed by atoms with Gasteiger partial charge in [-0.3, -0.25) is 0 Å². The highest BCUT2D eigenvalue weighted by Crippen LogP contribution is 2.17. The Balaban J connectivity index is 2.41. The molecule has 2 nitrogen and oxygen atoms in total. The minimum Gasteiger partial charge on any atom is -0.143 e. The lowest BCUT2D eigenvalue weighted by molar-refractivity contribution is -0.919. The van der Waals surface area contributed by atoms with Gasteiger partial charge in [0.2, 0.25) is 0 Å². The quantitative estimate of drug-likeness (QED) is 0.757. The first-order valence-electron chi connectivity index (χ1n) is 7.37. The molecule has 0 spiro atoms. The zero-order chi connectivity index (χ0) is 14.8. The second kappa shape index (κ2) is 5.74. The number of nitrogens with zero attached hydrogens (tertiary/aromatic N) is 2. The average molecular weight is 270 g/mol. The Kier molecular flexibility index (Phi) is 4.22. The summed E-state index contributed by atoms with van der Waals surface area (Å²) in [6.45, 7) is 12.1. The minimum atomic E-state index is 0.147. The molecule has 106 valence electrons. The van der Waals surface area contributed by atoms with Gasteiger partial charge in [0.15, 0.2) is 23.8 Å². The van der Waals surface area contributed by atoms with Crippen molar-refractivity contribution in [3.8, 4) is 0 Å². The fourth-order valence-corrected chi connectivity index (χ4v) is 2.59. The van der Waals surface area contributed by atoms with E-state index in [0.29, 0.717) is 5.92 Å². The first kappa shape index (κ1) is 14.7. The van der Waals surface area contributed by atoms with Crippen LogP contribution in [0.2, 0.25) is 0 Å². The van der Waals surface area contributed by atoms with E-state index >= 15 is 0 Å². The second-order valence-corrected chi connectivity index (χ2v) is 6.70. The number of hydrogen-bond acceptors (Lipinski definition) is 0. The van der Waals surface area contributed by atoms with E-state index in [1.165, 1.54) is 11.4 Å². The Morgan fingerprint density at radius 3 is 2.10 bits per heavy atom. The fraction of sp³-hybridized carbons (Fsp3) is 0.444. The Bertz CT molecular complexity index is 580. The Labute approximate surface area is 122 Å². The van der Waals surface area contributed by atoms with Gasteiger partial charge >= 0.3 is 6.67 Å². The zero-order valence-electron chi connectivity index (χ0n) is 13.3. The van der Waals surface area contributed by atoms with Gasteiger partial charge < -0.3 is 0 Å². The molecule has 2 heterocycles. The molecule has 2 heteroatoms. The van der Waals surface area contributed by atoms with Gasteiger partial charge in [-0.2, -0.15) is 0 Å². The number of aromatic nitrogens is 2. The van der Waals surface area contributed by atoms with Crippen LogP contribution >= 0.6 is 0 Å². The highest BCUT2D eigenvalue weighted by molar-refractivity contribution is 5.07. The number of rotatable bonds is 3. The molecule has 0 aliphatic carbocycles. The van der Waals surface area contributed by atoms with Crippen LogP contribution in [0.1, 0.15) is 51.9 Å². The second-order valence-electron chi connectivity index (χ2n) is 6.70. The lowest BCUT2D eigenvalue weighted by atomic mass is 9.91. The molecule has 0 saturated carbocycles. The third-order valence-electron chi connectivity index (χ3n) is 3.58. The molecule has 0 saturated heterocycles. The van der Waals surface area contributed by atoms with Crippen molar-refractivity contribution in [3.05, 3.63) is 60.2 Å². The summed E-state index contributed by atoms with van der Waals surface area (Å²) in [5.74, 6) is 0.526. The van der Waals surface area contributed by atoms with Crippen LogP contribution in [0.3, 0.4) is 0 Å². The third-order valence-corrected chi connectivity index (χ3v) is 3.58. The van der Waals surface area contributed by atoms with Crippen LogP contribution in [0.5, 0.6) is 0 Å². The van der Waals surface area contributed by atoms with E-state index in [1.54, 1.807) is 0 Å². The molecule has 20 heavy (non-hydrogen) atoms. The van der Waals surface area contributed by atoms with Gasteiger partial charge in [-0.25, -0.2) is 0 Å². The minimum absolute atomic E-state index is 0.147. The maximum Gasteiger partial charge on any atom is 0.344 e. The third kappa shape index (κ3) is 3.24. The van der Waals surface area contributed by atoms with E-state index in [0.717, 1.165) is 6.67 Å². The largest absolute Gasteiger partial charge is 0.344 e. The molecule has 0 bridgehead atoms. The van der Waals surface area contributed by atoms with E-state index < -0.39 is 0 Å². The van der Waals surface area contributed by atoms with E-state index in [1.807, 2.05) is 0 Å². The van der Waals surface area contributed by atoms with Crippen LogP contribution in [0.25, 0.3) is 0 Å². The predicted molar refractivity (Wildman–Crippen MR) is 81.5 cm³/mol.